The largest absolute Gasteiger partial charge is 0.492 e. The van der Waals surface area contributed by atoms with Gasteiger partial charge in [-0.1, -0.05) is 24.3 Å². The Morgan fingerprint density at radius 3 is 2.20 bits per heavy atom. The first-order chi connectivity index (χ1) is 17.0. The topological polar surface area (TPSA) is 79.2 Å². The summed E-state index contributed by atoms with van der Waals surface area (Å²) in [5, 5.41) is 24.2. The highest BCUT2D eigenvalue weighted by atomic mass is 32.1. The van der Waals surface area contributed by atoms with Crippen molar-refractivity contribution < 1.29 is 24.5 Å². The van der Waals surface area contributed by atoms with Gasteiger partial charge in [-0.3, -0.25) is 0 Å². The van der Waals surface area contributed by atoms with Crippen LogP contribution in [-0.4, -0.2) is 60.0 Å². The van der Waals surface area contributed by atoms with Gasteiger partial charge in [0, 0.05) is 19.2 Å². The first kappa shape index (κ1) is 25.9. The summed E-state index contributed by atoms with van der Waals surface area (Å²) in [6.45, 7) is 1.56. The van der Waals surface area contributed by atoms with Gasteiger partial charge in [-0.25, -0.2) is 4.79 Å². The Hall–Kier alpha value is -2.23. The van der Waals surface area contributed by atoms with Crippen molar-refractivity contribution in [3.63, 3.8) is 0 Å². The van der Waals surface area contributed by atoms with Crippen molar-refractivity contribution in [2.45, 2.75) is 49.9 Å². The van der Waals surface area contributed by atoms with E-state index in [0.717, 1.165) is 43.5 Å². The second kappa shape index (κ2) is 12.1. The van der Waals surface area contributed by atoms with Gasteiger partial charge in [0.2, 0.25) is 5.60 Å². The predicted octanol–water partition coefficient (Wildman–Crippen LogP) is 4.45. The molecule has 0 aliphatic heterocycles. The van der Waals surface area contributed by atoms with Crippen LogP contribution in [0.15, 0.2) is 59.3 Å². The molecule has 0 bridgehead atoms. The number of nitrogens with zero attached hydrogens (tertiary/aromatic N) is 1. The average molecular weight is 516 g/mol. The van der Waals surface area contributed by atoms with Gasteiger partial charge in [0.1, 0.15) is 18.5 Å². The highest BCUT2D eigenvalue weighted by Crippen LogP contribution is 2.38. The van der Waals surface area contributed by atoms with E-state index in [2.05, 4.69) is 11.9 Å². The molecule has 0 radical (unpaired) electrons. The minimum absolute atomic E-state index is 0.149. The van der Waals surface area contributed by atoms with Gasteiger partial charge in [-0.2, -0.15) is 0 Å². The van der Waals surface area contributed by atoms with Gasteiger partial charge in [-0.05, 0) is 79.7 Å². The number of hydrogen-bond acceptors (Lipinski definition) is 8. The quantitative estimate of drug-likeness (QED) is 0.368. The molecule has 8 heteroatoms. The summed E-state index contributed by atoms with van der Waals surface area (Å²) in [4.78, 5) is 16.7. The third-order valence-electron chi connectivity index (χ3n) is 6.63. The third-order valence-corrected chi connectivity index (χ3v) is 8.59. The van der Waals surface area contributed by atoms with Crippen molar-refractivity contribution in [2.24, 2.45) is 0 Å². The van der Waals surface area contributed by atoms with E-state index in [1.54, 1.807) is 12.1 Å². The van der Waals surface area contributed by atoms with Gasteiger partial charge in [0.05, 0.1) is 9.75 Å². The molecule has 4 rings (SSSR count). The molecule has 2 aromatic heterocycles. The Balaban J connectivity index is 1.24. The standard InChI is InChI=1S/C27H33NO5S2/c1-28(15-17-32-22-10-6-20(7-11-22)14-16-29)21-8-12-23(13-9-21)33-26(30)27(31,24-4-2-18-34-24)25-5-3-19-35-25/h2-7,10-11,18-19,21,23,29,31H,8-9,12-17H2,1H3. The van der Waals surface area contributed by atoms with E-state index >= 15 is 0 Å². The summed E-state index contributed by atoms with van der Waals surface area (Å²) in [6, 6.07) is 15.5. The zero-order valence-electron chi connectivity index (χ0n) is 20.0. The summed E-state index contributed by atoms with van der Waals surface area (Å²) in [6.07, 6.45) is 3.88. The Bertz CT molecular complexity index is 994. The molecule has 2 heterocycles. The molecule has 0 saturated heterocycles. The fourth-order valence-electron chi connectivity index (χ4n) is 4.50. The smallest absolute Gasteiger partial charge is 0.349 e. The monoisotopic (exact) mass is 515 g/mol. The van der Waals surface area contributed by atoms with Crippen molar-refractivity contribution in [1.82, 2.24) is 4.90 Å². The van der Waals surface area contributed by atoms with Crippen LogP contribution in [0.5, 0.6) is 5.75 Å². The molecule has 1 aromatic carbocycles. The summed E-state index contributed by atoms with van der Waals surface area (Å²) < 4.78 is 11.7. The van der Waals surface area contributed by atoms with E-state index in [9.17, 15) is 9.90 Å². The highest BCUT2D eigenvalue weighted by Gasteiger charge is 2.45. The maximum atomic E-state index is 13.2. The molecule has 6 nitrogen and oxygen atoms in total. The molecule has 1 fully saturated rings. The van der Waals surface area contributed by atoms with Gasteiger partial charge in [0.15, 0.2) is 0 Å². The van der Waals surface area contributed by atoms with Crippen LogP contribution in [0.3, 0.4) is 0 Å². The van der Waals surface area contributed by atoms with Crippen molar-refractivity contribution in [3.8, 4) is 5.75 Å². The molecule has 188 valence electrons. The lowest BCUT2D eigenvalue weighted by Crippen LogP contribution is -2.42. The molecule has 3 aromatic rings. The second-order valence-electron chi connectivity index (χ2n) is 8.95. The zero-order chi connectivity index (χ0) is 24.7. The van der Waals surface area contributed by atoms with Crippen molar-refractivity contribution in [2.75, 3.05) is 26.8 Å². The van der Waals surface area contributed by atoms with Crippen LogP contribution < -0.4 is 4.74 Å². The van der Waals surface area contributed by atoms with Crippen molar-refractivity contribution in [3.05, 3.63) is 74.6 Å². The number of hydrogen-bond donors (Lipinski definition) is 2. The molecule has 2 N–H and O–H groups in total. The van der Waals surface area contributed by atoms with Crippen LogP contribution in [0, 0.1) is 0 Å². The molecule has 35 heavy (non-hydrogen) atoms. The molecular formula is C27H33NO5S2. The summed E-state index contributed by atoms with van der Waals surface area (Å²) in [5.74, 6) is 0.247. The van der Waals surface area contributed by atoms with Crippen LogP contribution in [0.2, 0.25) is 0 Å². The Morgan fingerprint density at radius 1 is 1.03 bits per heavy atom. The van der Waals surface area contributed by atoms with Crippen LogP contribution in [0.1, 0.15) is 41.0 Å². The Morgan fingerprint density at radius 2 is 1.66 bits per heavy atom. The summed E-state index contributed by atoms with van der Waals surface area (Å²) in [7, 11) is 2.11. The van der Waals surface area contributed by atoms with E-state index in [1.807, 2.05) is 47.2 Å². The second-order valence-corrected chi connectivity index (χ2v) is 10.8. The number of aliphatic hydroxyl groups is 2. The zero-order valence-corrected chi connectivity index (χ0v) is 21.6. The first-order valence-corrected chi connectivity index (χ1v) is 13.8. The average Bonchev–Trinajstić information content (AvgIpc) is 3.60. The molecule has 0 atom stereocenters. The minimum Gasteiger partial charge on any atom is -0.492 e. The number of thiophene rings is 2. The van der Waals surface area contributed by atoms with Gasteiger partial charge < -0.3 is 24.6 Å². The highest BCUT2D eigenvalue weighted by molar-refractivity contribution is 7.12. The van der Waals surface area contributed by atoms with E-state index in [-0.39, 0.29) is 12.7 Å². The molecular weight excluding hydrogens is 482 g/mol. The van der Waals surface area contributed by atoms with E-state index < -0.39 is 11.6 Å². The minimum atomic E-state index is -1.75. The normalized spacial score (nSPS) is 18.5. The van der Waals surface area contributed by atoms with E-state index in [1.165, 1.54) is 22.7 Å². The Labute approximate surface area is 214 Å². The molecule has 1 aliphatic rings. The van der Waals surface area contributed by atoms with Crippen LogP contribution in [0.4, 0.5) is 0 Å². The number of carbonyl (C=O) groups excluding carboxylic acids is 1. The van der Waals surface area contributed by atoms with Crippen molar-refractivity contribution in [1.29, 1.82) is 0 Å². The maximum Gasteiger partial charge on any atom is 0.349 e. The molecule has 0 spiro atoms. The first-order valence-electron chi connectivity index (χ1n) is 12.0. The third kappa shape index (κ3) is 6.32. The number of benzene rings is 1. The van der Waals surface area contributed by atoms with Gasteiger partial charge >= 0.3 is 5.97 Å². The number of carbonyl (C=O) groups is 1. The van der Waals surface area contributed by atoms with Crippen molar-refractivity contribution >= 4 is 28.6 Å². The fraction of sp³-hybridized carbons (Fsp3) is 0.444. The predicted molar refractivity (Wildman–Crippen MR) is 139 cm³/mol. The van der Waals surface area contributed by atoms with E-state index in [4.69, 9.17) is 14.6 Å². The number of likely N-dealkylation sites (N-methyl/N-ethyl adjacent to an activating group) is 1. The lowest BCUT2D eigenvalue weighted by atomic mass is 9.91. The SMILES string of the molecule is CN(CCOc1ccc(CCO)cc1)C1CCC(OC(=O)C(O)(c2cccs2)c2cccs2)CC1. The lowest BCUT2D eigenvalue weighted by molar-refractivity contribution is -0.169. The van der Waals surface area contributed by atoms with Crippen LogP contribution >= 0.6 is 22.7 Å². The number of aliphatic hydroxyl groups excluding tert-OH is 1. The summed E-state index contributed by atoms with van der Waals surface area (Å²) >= 11 is 2.72. The maximum absolute atomic E-state index is 13.2. The number of esters is 1. The molecule has 0 unspecified atom stereocenters. The van der Waals surface area contributed by atoms with Crippen LogP contribution in [0.25, 0.3) is 0 Å². The molecule has 0 amide bonds. The number of rotatable bonds is 11. The lowest BCUT2D eigenvalue weighted by Gasteiger charge is -2.35. The van der Waals surface area contributed by atoms with Gasteiger partial charge in [-0.15, -0.1) is 22.7 Å². The van der Waals surface area contributed by atoms with Gasteiger partial charge in [0.25, 0.3) is 0 Å². The fourth-order valence-corrected chi connectivity index (χ4v) is 6.22. The van der Waals surface area contributed by atoms with E-state index in [0.29, 0.717) is 28.8 Å². The number of ether oxygens (including phenoxy) is 2. The Kier molecular flexibility index (Phi) is 8.97. The molecule has 1 aliphatic carbocycles. The van der Waals surface area contributed by atoms with Crippen LogP contribution in [-0.2, 0) is 21.6 Å². The summed E-state index contributed by atoms with van der Waals surface area (Å²) in [5.41, 5.74) is -0.650. The molecule has 1 saturated carbocycles.